The van der Waals surface area contributed by atoms with Gasteiger partial charge in [-0.25, -0.2) is 0 Å². The number of thioether (sulfide) groups is 2. The van der Waals surface area contributed by atoms with Crippen LogP contribution in [0.3, 0.4) is 0 Å². The van der Waals surface area contributed by atoms with Crippen LogP contribution in [0.4, 0.5) is 0 Å². The number of nitrogens with one attached hydrogen (secondary N) is 1. The Labute approximate surface area is 228 Å². The molecule has 0 spiro atoms. The largest absolute Gasteiger partial charge is 1.00 e. The number of hydrogen-bond donors (Lipinski definition) is 2. The van der Waals surface area contributed by atoms with E-state index in [4.69, 9.17) is 0 Å². The number of nitrogens with zero attached hydrogens (tertiary/aromatic N) is 6. The van der Waals surface area contributed by atoms with Crippen LogP contribution in [-0.2, 0) is 14.4 Å². The molecule has 0 radical (unpaired) electrons. The molecular formula is C20H16N7NaO5S2. The van der Waals surface area contributed by atoms with Gasteiger partial charge in [0.25, 0.3) is 5.91 Å². The summed E-state index contributed by atoms with van der Waals surface area (Å²) in [6, 6.07) is 11.7. The number of carboxylic acid groups (broad SMARTS) is 1. The maximum absolute atomic E-state index is 12.7. The zero-order chi connectivity index (χ0) is 23.9. The van der Waals surface area contributed by atoms with Crippen LogP contribution in [0.1, 0.15) is 18.1 Å². The van der Waals surface area contributed by atoms with Gasteiger partial charge in [-0.3, -0.25) is 14.5 Å². The number of rotatable bonds is 7. The number of aliphatic hydroxyl groups is 1. The Morgan fingerprint density at radius 2 is 2.03 bits per heavy atom. The van der Waals surface area contributed by atoms with Gasteiger partial charge in [-0.2, -0.15) is 0 Å². The van der Waals surface area contributed by atoms with Crippen molar-refractivity contribution in [2.24, 2.45) is 0 Å². The van der Waals surface area contributed by atoms with Crippen LogP contribution in [0.5, 0.6) is 0 Å². The fourth-order valence-corrected chi connectivity index (χ4v) is 6.09. The van der Waals surface area contributed by atoms with E-state index in [0.717, 1.165) is 4.90 Å². The third-order valence-electron chi connectivity index (χ3n) is 5.36. The third kappa shape index (κ3) is 4.81. The normalized spacial score (nSPS) is 20.0. The molecule has 15 heteroatoms. The standard InChI is InChI=1S/C20H17N7O5S2.Na/c28-15-8-20(21-18(30)17(29)11-4-2-1-3-5-11)26(15)16(19(31)32)12(10-34-20)9-33-14-7-6-13-22-24-25-27(13)23-14;/h1-7,17,29H,8-10H2,(H,21,30)(H,31,32);/q;+1/p-1/t17-,20+;/m1./s1. The van der Waals surface area contributed by atoms with Crippen molar-refractivity contribution in [3.8, 4) is 0 Å². The number of amides is 2. The Kier molecular flexibility index (Phi) is 7.49. The number of carbonyl (C=O) groups is 3. The molecule has 1 saturated heterocycles. The fraction of sp³-hybridized carbons (Fsp3) is 0.250. The van der Waals surface area contributed by atoms with Crippen molar-refractivity contribution in [3.63, 3.8) is 0 Å². The number of tetrazole rings is 1. The topological polar surface area (TPSA) is 166 Å². The number of benzene rings is 1. The Morgan fingerprint density at radius 1 is 1.26 bits per heavy atom. The van der Waals surface area contributed by atoms with E-state index in [1.54, 1.807) is 42.5 Å². The summed E-state index contributed by atoms with van der Waals surface area (Å²) < 4.78 is 1.25. The van der Waals surface area contributed by atoms with Crippen LogP contribution in [0.2, 0.25) is 0 Å². The second-order valence-electron chi connectivity index (χ2n) is 7.51. The third-order valence-corrected chi connectivity index (χ3v) is 7.77. The fourth-order valence-electron chi connectivity index (χ4n) is 3.73. The number of fused-ring (bicyclic) bond motifs is 2. The van der Waals surface area contributed by atoms with Gasteiger partial charge in [0, 0.05) is 11.5 Å². The summed E-state index contributed by atoms with van der Waals surface area (Å²) in [7, 11) is 0. The predicted octanol–water partition coefficient (Wildman–Crippen LogP) is -3.90. The van der Waals surface area contributed by atoms with E-state index < -0.39 is 28.9 Å². The summed E-state index contributed by atoms with van der Waals surface area (Å²) in [5.41, 5.74) is 1.03. The van der Waals surface area contributed by atoms with Crippen LogP contribution in [0, 0.1) is 0 Å². The Morgan fingerprint density at radius 3 is 2.74 bits per heavy atom. The van der Waals surface area contributed by atoms with Gasteiger partial charge in [-0.1, -0.05) is 30.3 Å². The van der Waals surface area contributed by atoms with Crippen LogP contribution in [-0.4, -0.2) is 69.5 Å². The number of carbonyl (C=O) groups excluding carboxylic acids is 3. The predicted molar refractivity (Wildman–Crippen MR) is 118 cm³/mol. The van der Waals surface area contributed by atoms with Gasteiger partial charge in [0.1, 0.15) is 5.03 Å². The maximum atomic E-state index is 12.7. The minimum absolute atomic E-state index is 0. The summed E-state index contributed by atoms with van der Waals surface area (Å²) in [5.74, 6) is -2.26. The molecule has 2 N–H and O–H groups in total. The Bertz CT molecular complexity index is 1340. The molecule has 2 amide bonds. The molecule has 3 aromatic rings. The molecule has 0 saturated carbocycles. The van der Waals surface area contributed by atoms with Crippen LogP contribution in [0.15, 0.2) is 58.8 Å². The van der Waals surface area contributed by atoms with E-state index in [-0.39, 0.29) is 53.2 Å². The van der Waals surface area contributed by atoms with Gasteiger partial charge in [0.05, 0.1) is 18.1 Å². The molecule has 12 nitrogen and oxygen atoms in total. The quantitative estimate of drug-likeness (QED) is 0.177. The van der Waals surface area contributed by atoms with Crippen molar-refractivity contribution >= 4 is 47.0 Å². The molecule has 2 atom stereocenters. The summed E-state index contributed by atoms with van der Waals surface area (Å²) in [5, 5.41) is 40.9. The van der Waals surface area contributed by atoms with E-state index in [9.17, 15) is 24.6 Å². The smallest absolute Gasteiger partial charge is 0.543 e. The number of aliphatic hydroxyl groups excluding tert-OH is 1. The molecule has 2 aliphatic rings. The second kappa shape index (κ2) is 10.2. The molecular weight excluding hydrogens is 505 g/mol. The first kappa shape index (κ1) is 25.6. The van der Waals surface area contributed by atoms with Gasteiger partial charge in [-0.15, -0.1) is 38.4 Å². The second-order valence-corrected chi connectivity index (χ2v) is 9.76. The van der Waals surface area contributed by atoms with Crippen molar-refractivity contribution < 1.29 is 54.2 Å². The minimum atomic E-state index is -1.52. The molecule has 4 heterocycles. The first-order valence-corrected chi connectivity index (χ1v) is 12.0. The summed E-state index contributed by atoms with van der Waals surface area (Å²) in [4.78, 5) is 37.0. The van der Waals surface area contributed by atoms with Crippen LogP contribution < -0.4 is 40.0 Å². The molecule has 0 aliphatic carbocycles. The van der Waals surface area contributed by atoms with Crippen molar-refractivity contribution in [1.82, 2.24) is 35.5 Å². The first-order chi connectivity index (χ1) is 16.4. The Hall–Kier alpha value is -2.49. The first-order valence-electron chi connectivity index (χ1n) is 10.0. The van der Waals surface area contributed by atoms with E-state index in [0.29, 0.717) is 21.8 Å². The van der Waals surface area contributed by atoms with E-state index in [2.05, 4.69) is 25.9 Å². The molecule has 1 fully saturated rings. The van der Waals surface area contributed by atoms with Crippen molar-refractivity contribution in [3.05, 3.63) is 59.3 Å². The maximum Gasteiger partial charge on any atom is 1.00 e. The van der Waals surface area contributed by atoms with E-state index in [1.807, 2.05) is 0 Å². The van der Waals surface area contributed by atoms with Gasteiger partial charge < -0.3 is 20.3 Å². The van der Waals surface area contributed by atoms with Gasteiger partial charge in [-0.05, 0) is 33.7 Å². The number of aliphatic carboxylic acids is 1. The SMILES string of the molecule is O=C([O-])C1=C(CSc2ccc3nnnn3n2)CS[C@]2(NC(=O)[C@H](O)c3ccccc3)CC(=O)N12.[Na+]. The number of β-lactam (4-membered cyclic amide) rings is 1. The summed E-state index contributed by atoms with van der Waals surface area (Å²) >= 11 is 2.47. The zero-order valence-corrected chi connectivity index (χ0v) is 22.0. The average molecular weight is 522 g/mol. The molecule has 1 aromatic carbocycles. The summed E-state index contributed by atoms with van der Waals surface area (Å²) in [6.07, 6.45) is -1.56. The number of hydrogen-bond acceptors (Lipinski definition) is 11. The summed E-state index contributed by atoms with van der Waals surface area (Å²) in [6.45, 7) is 0. The molecule has 0 unspecified atom stereocenters. The van der Waals surface area contributed by atoms with E-state index >= 15 is 0 Å². The number of aromatic nitrogens is 5. The van der Waals surface area contributed by atoms with E-state index in [1.165, 1.54) is 28.2 Å². The van der Waals surface area contributed by atoms with Gasteiger partial charge >= 0.3 is 29.6 Å². The van der Waals surface area contributed by atoms with Crippen molar-refractivity contribution in [2.75, 3.05) is 11.5 Å². The molecule has 2 aliphatic heterocycles. The Balaban J connectivity index is 0.00000289. The van der Waals surface area contributed by atoms with Gasteiger partial charge in [0.2, 0.25) is 5.91 Å². The van der Waals surface area contributed by atoms with Crippen molar-refractivity contribution in [2.45, 2.75) is 22.5 Å². The molecule has 2 aromatic heterocycles. The molecule has 5 rings (SSSR count). The molecule has 174 valence electrons. The zero-order valence-electron chi connectivity index (χ0n) is 18.3. The van der Waals surface area contributed by atoms with Crippen molar-refractivity contribution in [1.29, 1.82) is 0 Å². The van der Waals surface area contributed by atoms with Crippen LogP contribution >= 0.6 is 23.5 Å². The number of carboxylic acids is 1. The van der Waals surface area contributed by atoms with Crippen LogP contribution in [0.25, 0.3) is 5.65 Å². The average Bonchev–Trinajstić information content (AvgIpc) is 3.30. The molecule has 35 heavy (non-hydrogen) atoms. The molecule has 0 bridgehead atoms. The minimum Gasteiger partial charge on any atom is -0.543 e. The monoisotopic (exact) mass is 521 g/mol. The van der Waals surface area contributed by atoms with Gasteiger partial charge in [0.15, 0.2) is 16.7 Å².